The predicted octanol–water partition coefficient (Wildman–Crippen LogP) is 3.53. The van der Waals surface area contributed by atoms with Crippen LogP contribution < -0.4 is 5.32 Å². The second kappa shape index (κ2) is 6.59. The Balaban J connectivity index is 2.03. The van der Waals surface area contributed by atoms with E-state index in [0.717, 1.165) is 5.76 Å². The fraction of sp³-hybridized carbons (Fsp3) is 0.353. The van der Waals surface area contributed by atoms with Gasteiger partial charge in [-0.15, -0.1) is 0 Å². The highest BCUT2D eigenvalue weighted by Gasteiger charge is 2.16. The van der Waals surface area contributed by atoms with Crippen molar-refractivity contribution in [3.05, 3.63) is 58.5 Å². The fourth-order valence-corrected chi connectivity index (χ4v) is 2.38. The van der Waals surface area contributed by atoms with Crippen molar-refractivity contribution in [3.8, 4) is 0 Å². The highest BCUT2D eigenvalue weighted by Crippen LogP contribution is 2.19. The molecule has 1 atom stereocenters. The van der Waals surface area contributed by atoms with Gasteiger partial charge in [0.1, 0.15) is 17.1 Å². The van der Waals surface area contributed by atoms with Gasteiger partial charge in [0.25, 0.3) is 0 Å². The Kier molecular flexibility index (Phi) is 4.81. The van der Waals surface area contributed by atoms with Gasteiger partial charge in [-0.25, -0.2) is 4.79 Å². The van der Waals surface area contributed by atoms with Gasteiger partial charge in [-0.3, -0.25) is 0 Å². The first-order valence-corrected chi connectivity index (χ1v) is 6.99. The molecule has 1 N–H and O–H groups in total. The van der Waals surface area contributed by atoms with Crippen molar-refractivity contribution in [1.82, 2.24) is 5.32 Å². The van der Waals surface area contributed by atoms with E-state index in [2.05, 4.69) is 31.3 Å². The highest BCUT2D eigenvalue weighted by atomic mass is 16.5. The molecule has 112 valence electrons. The molecule has 0 fully saturated rings. The van der Waals surface area contributed by atoms with E-state index in [0.29, 0.717) is 17.9 Å². The minimum absolute atomic E-state index is 0.207. The molecule has 0 unspecified atom stereocenters. The normalized spacial score (nSPS) is 12.2. The van der Waals surface area contributed by atoms with Crippen molar-refractivity contribution >= 4 is 5.97 Å². The summed E-state index contributed by atoms with van der Waals surface area (Å²) in [5.41, 5.74) is 3.00. The molecule has 0 aliphatic carbocycles. The minimum Gasteiger partial charge on any atom is -0.465 e. The molecule has 0 spiro atoms. The first-order chi connectivity index (χ1) is 10.0. The lowest BCUT2D eigenvalue weighted by Gasteiger charge is -2.15. The molecule has 0 saturated carbocycles. The molecule has 0 bridgehead atoms. The van der Waals surface area contributed by atoms with Crippen LogP contribution in [0, 0.1) is 13.8 Å². The molecule has 1 heterocycles. The van der Waals surface area contributed by atoms with E-state index in [1.54, 1.807) is 13.0 Å². The summed E-state index contributed by atoms with van der Waals surface area (Å²) in [6.07, 6.45) is 0. The maximum absolute atomic E-state index is 11.5. The van der Waals surface area contributed by atoms with E-state index < -0.39 is 0 Å². The van der Waals surface area contributed by atoms with Crippen molar-refractivity contribution in [2.45, 2.75) is 33.4 Å². The van der Waals surface area contributed by atoms with E-state index in [4.69, 9.17) is 9.15 Å². The SMILES string of the molecule is COC(=O)c1cc(CN[C@@H](C)c2ccccc2C)oc1C. The standard InChI is InChI=1S/C17H21NO3/c1-11-7-5-6-8-15(11)12(2)18-10-14-9-16(13(3)21-14)17(19)20-4/h5-9,12,18H,10H2,1-4H3/t12-/m0/s1. The van der Waals surface area contributed by atoms with Gasteiger partial charge in [0.15, 0.2) is 0 Å². The molecule has 21 heavy (non-hydrogen) atoms. The number of aryl methyl sites for hydroxylation is 2. The summed E-state index contributed by atoms with van der Waals surface area (Å²) < 4.78 is 10.3. The average molecular weight is 287 g/mol. The van der Waals surface area contributed by atoms with Crippen molar-refractivity contribution in [3.63, 3.8) is 0 Å². The third kappa shape index (κ3) is 3.52. The van der Waals surface area contributed by atoms with Crippen LogP contribution in [0.25, 0.3) is 0 Å². The first-order valence-electron chi connectivity index (χ1n) is 6.99. The summed E-state index contributed by atoms with van der Waals surface area (Å²) in [5, 5.41) is 3.41. The number of ether oxygens (including phenoxy) is 1. The number of benzene rings is 1. The molecule has 4 nitrogen and oxygen atoms in total. The number of furan rings is 1. The van der Waals surface area contributed by atoms with Crippen molar-refractivity contribution < 1.29 is 13.9 Å². The summed E-state index contributed by atoms with van der Waals surface area (Å²) in [6, 6.07) is 10.2. The van der Waals surface area contributed by atoms with Crippen LogP contribution >= 0.6 is 0 Å². The van der Waals surface area contributed by atoms with Crippen LogP contribution in [0.1, 0.15) is 46.0 Å². The highest BCUT2D eigenvalue weighted by molar-refractivity contribution is 5.90. The first kappa shape index (κ1) is 15.3. The van der Waals surface area contributed by atoms with E-state index in [9.17, 15) is 4.79 Å². The third-order valence-electron chi connectivity index (χ3n) is 3.61. The summed E-state index contributed by atoms with van der Waals surface area (Å²) >= 11 is 0. The Bertz CT molecular complexity index is 631. The maximum Gasteiger partial charge on any atom is 0.341 e. The quantitative estimate of drug-likeness (QED) is 0.855. The van der Waals surface area contributed by atoms with Crippen molar-refractivity contribution in [2.24, 2.45) is 0 Å². The molecule has 1 aromatic carbocycles. The van der Waals surface area contributed by atoms with E-state index in [1.165, 1.54) is 18.2 Å². The average Bonchev–Trinajstić information content (AvgIpc) is 2.85. The lowest BCUT2D eigenvalue weighted by molar-refractivity contribution is 0.0599. The van der Waals surface area contributed by atoms with Crippen LogP contribution in [-0.2, 0) is 11.3 Å². The zero-order chi connectivity index (χ0) is 15.4. The Hall–Kier alpha value is -2.07. The van der Waals surface area contributed by atoms with Crippen LogP contribution in [0.15, 0.2) is 34.7 Å². The van der Waals surface area contributed by atoms with Crippen molar-refractivity contribution in [2.75, 3.05) is 7.11 Å². The van der Waals surface area contributed by atoms with Gasteiger partial charge >= 0.3 is 5.97 Å². The van der Waals surface area contributed by atoms with Crippen LogP contribution in [0.3, 0.4) is 0 Å². The number of hydrogen-bond acceptors (Lipinski definition) is 4. The van der Waals surface area contributed by atoms with Gasteiger partial charge in [0.2, 0.25) is 0 Å². The van der Waals surface area contributed by atoms with Gasteiger partial charge in [-0.1, -0.05) is 24.3 Å². The Morgan fingerprint density at radius 1 is 1.33 bits per heavy atom. The van der Waals surface area contributed by atoms with Gasteiger partial charge in [0.05, 0.1) is 13.7 Å². The molecule has 2 aromatic rings. The van der Waals surface area contributed by atoms with E-state index in [-0.39, 0.29) is 12.0 Å². The van der Waals surface area contributed by atoms with E-state index >= 15 is 0 Å². The molecule has 0 saturated heterocycles. The predicted molar refractivity (Wildman–Crippen MR) is 81.2 cm³/mol. The minimum atomic E-state index is -0.366. The van der Waals surface area contributed by atoms with Crippen molar-refractivity contribution in [1.29, 1.82) is 0 Å². The number of esters is 1. The molecule has 4 heteroatoms. The summed E-state index contributed by atoms with van der Waals surface area (Å²) in [4.78, 5) is 11.5. The zero-order valence-electron chi connectivity index (χ0n) is 12.9. The smallest absolute Gasteiger partial charge is 0.341 e. The molecule has 0 radical (unpaired) electrons. The van der Waals surface area contributed by atoms with Gasteiger partial charge < -0.3 is 14.5 Å². The maximum atomic E-state index is 11.5. The largest absolute Gasteiger partial charge is 0.465 e. The fourth-order valence-electron chi connectivity index (χ4n) is 2.38. The number of nitrogens with one attached hydrogen (secondary N) is 1. The molecular weight excluding hydrogens is 266 g/mol. The van der Waals surface area contributed by atoms with Gasteiger partial charge in [-0.2, -0.15) is 0 Å². The number of methoxy groups -OCH3 is 1. The number of hydrogen-bond donors (Lipinski definition) is 1. The molecular formula is C17H21NO3. The topological polar surface area (TPSA) is 51.5 Å². The Morgan fingerprint density at radius 3 is 2.71 bits per heavy atom. The van der Waals surface area contributed by atoms with Crippen LogP contribution in [0.2, 0.25) is 0 Å². The number of carbonyl (C=O) groups excluding carboxylic acids is 1. The van der Waals surface area contributed by atoms with Crippen LogP contribution in [-0.4, -0.2) is 13.1 Å². The lowest BCUT2D eigenvalue weighted by atomic mass is 10.0. The Labute approximate surface area is 125 Å². The van der Waals surface area contributed by atoms with Gasteiger partial charge in [0, 0.05) is 6.04 Å². The second-order valence-corrected chi connectivity index (χ2v) is 5.13. The molecule has 0 amide bonds. The van der Waals surface area contributed by atoms with E-state index in [1.807, 2.05) is 12.1 Å². The molecule has 0 aliphatic heterocycles. The number of carbonyl (C=O) groups is 1. The molecule has 1 aromatic heterocycles. The monoisotopic (exact) mass is 287 g/mol. The van der Waals surface area contributed by atoms with Gasteiger partial charge in [-0.05, 0) is 38.0 Å². The summed E-state index contributed by atoms with van der Waals surface area (Å²) in [6.45, 7) is 6.53. The summed E-state index contributed by atoms with van der Waals surface area (Å²) in [5.74, 6) is 0.949. The second-order valence-electron chi connectivity index (χ2n) is 5.13. The Morgan fingerprint density at radius 2 is 2.05 bits per heavy atom. The third-order valence-corrected chi connectivity index (χ3v) is 3.61. The molecule has 0 aliphatic rings. The summed E-state index contributed by atoms with van der Waals surface area (Å²) in [7, 11) is 1.37. The number of rotatable bonds is 5. The lowest BCUT2D eigenvalue weighted by Crippen LogP contribution is -2.18. The van der Waals surface area contributed by atoms with Crippen LogP contribution in [0.4, 0.5) is 0 Å². The molecule has 2 rings (SSSR count). The zero-order valence-corrected chi connectivity index (χ0v) is 12.9. The van der Waals surface area contributed by atoms with Crippen LogP contribution in [0.5, 0.6) is 0 Å².